The highest BCUT2D eigenvalue weighted by atomic mass is 32.7. The highest BCUT2D eigenvalue weighted by Crippen LogP contribution is 2.57. The second kappa shape index (κ2) is 11.6. The molecule has 1 aromatic rings. The molecule has 1 fully saturated rings. The van der Waals surface area contributed by atoms with Crippen molar-refractivity contribution in [3.8, 4) is 0 Å². The number of aliphatic hydroxyl groups is 1. The normalized spacial score (nSPS) is 25.0. The number of esters is 2. The molecule has 5 unspecified atom stereocenters. The van der Waals surface area contributed by atoms with Crippen LogP contribution in [0.4, 0.5) is 0 Å². The number of hydrogen-bond donors (Lipinski definition) is 3. The van der Waals surface area contributed by atoms with Crippen molar-refractivity contribution in [3.63, 3.8) is 0 Å². The second-order valence-corrected chi connectivity index (χ2v) is 12.4. The second-order valence-electron chi connectivity index (χ2n) is 8.17. The summed E-state index contributed by atoms with van der Waals surface area (Å²) in [6, 6.07) is 0.0996. The van der Waals surface area contributed by atoms with Gasteiger partial charge in [-0.25, -0.2) is 9.88 Å². The van der Waals surface area contributed by atoms with Gasteiger partial charge in [-0.15, -0.1) is 0 Å². The SMILES string of the molecule is COC(=O)CSP(=O)(NC(C)C(=O)OC(C)C)OCC1CC(C)(O)C(n2ccc(=O)[nH]c2=O)O1. The van der Waals surface area contributed by atoms with E-state index in [1.807, 2.05) is 0 Å². The molecular formula is C19H30N3O10PS. The van der Waals surface area contributed by atoms with Gasteiger partial charge in [0.05, 0.1) is 25.9 Å². The van der Waals surface area contributed by atoms with Gasteiger partial charge in [-0.3, -0.25) is 28.5 Å². The van der Waals surface area contributed by atoms with Gasteiger partial charge in [0, 0.05) is 18.7 Å². The zero-order valence-electron chi connectivity index (χ0n) is 19.5. The summed E-state index contributed by atoms with van der Waals surface area (Å²) in [5.74, 6) is -1.62. The van der Waals surface area contributed by atoms with Gasteiger partial charge in [-0.05, 0) is 39.1 Å². The number of H-pyrrole nitrogens is 1. The van der Waals surface area contributed by atoms with E-state index in [-0.39, 0.29) is 24.9 Å². The molecule has 1 saturated heterocycles. The molecule has 15 heteroatoms. The Morgan fingerprint density at radius 2 is 2.09 bits per heavy atom. The Labute approximate surface area is 199 Å². The number of ether oxygens (including phenoxy) is 3. The number of aromatic nitrogens is 2. The number of methoxy groups -OCH3 is 1. The highest BCUT2D eigenvalue weighted by Gasteiger charge is 2.46. The quantitative estimate of drug-likeness (QED) is 0.271. The van der Waals surface area contributed by atoms with Gasteiger partial charge in [0.1, 0.15) is 17.4 Å². The Balaban J connectivity index is 2.13. The van der Waals surface area contributed by atoms with Crippen LogP contribution in [0, 0.1) is 0 Å². The first-order valence-corrected chi connectivity index (χ1v) is 13.6. The number of carbonyl (C=O) groups excluding carboxylic acids is 2. The fourth-order valence-electron chi connectivity index (χ4n) is 3.13. The zero-order valence-corrected chi connectivity index (χ0v) is 21.2. The maximum atomic E-state index is 13.4. The lowest BCUT2D eigenvalue weighted by atomic mass is 10.0. The molecule has 2 heterocycles. The number of aromatic amines is 1. The Bertz CT molecular complexity index is 1040. The minimum absolute atomic E-state index is 0.00977. The third kappa shape index (κ3) is 7.79. The van der Waals surface area contributed by atoms with Crippen LogP contribution in [0.15, 0.2) is 21.9 Å². The molecule has 1 aliphatic heterocycles. The van der Waals surface area contributed by atoms with E-state index in [1.165, 1.54) is 27.2 Å². The topological polar surface area (TPSA) is 175 Å². The predicted molar refractivity (Wildman–Crippen MR) is 122 cm³/mol. The summed E-state index contributed by atoms with van der Waals surface area (Å²) in [6.45, 7) is 2.07. The van der Waals surface area contributed by atoms with Gasteiger partial charge < -0.3 is 23.8 Å². The molecule has 0 aliphatic carbocycles. The van der Waals surface area contributed by atoms with E-state index in [1.54, 1.807) is 13.8 Å². The molecule has 1 aromatic heterocycles. The van der Waals surface area contributed by atoms with E-state index in [0.717, 1.165) is 10.6 Å². The van der Waals surface area contributed by atoms with Crippen molar-refractivity contribution in [2.24, 2.45) is 0 Å². The molecular weight excluding hydrogens is 493 g/mol. The van der Waals surface area contributed by atoms with E-state index in [4.69, 9.17) is 14.0 Å². The van der Waals surface area contributed by atoms with Crippen LogP contribution in [0.25, 0.3) is 0 Å². The van der Waals surface area contributed by atoms with E-state index in [2.05, 4.69) is 14.8 Å². The van der Waals surface area contributed by atoms with Gasteiger partial charge in [0.2, 0.25) is 0 Å². The van der Waals surface area contributed by atoms with E-state index in [0.29, 0.717) is 11.4 Å². The molecule has 0 aromatic carbocycles. The van der Waals surface area contributed by atoms with Gasteiger partial charge in [-0.1, -0.05) is 0 Å². The molecule has 34 heavy (non-hydrogen) atoms. The monoisotopic (exact) mass is 523 g/mol. The van der Waals surface area contributed by atoms with Crippen LogP contribution in [-0.4, -0.2) is 69.9 Å². The van der Waals surface area contributed by atoms with E-state index < -0.39 is 53.9 Å². The molecule has 0 radical (unpaired) electrons. The number of rotatable bonds is 11. The molecule has 192 valence electrons. The zero-order chi connectivity index (χ0) is 25.7. The first-order valence-electron chi connectivity index (χ1n) is 10.4. The van der Waals surface area contributed by atoms with Crippen molar-refractivity contribution in [1.82, 2.24) is 14.6 Å². The number of carbonyl (C=O) groups is 2. The summed E-state index contributed by atoms with van der Waals surface area (Å²) in [6.07, 6.45) is -1.12. The summed E-state index contributed by atoms with van der Waals surface area (Å²) in [7, 11) is 1.18. The molecule has 2 rings (SSSR count). The minimum atomic E-state index is -3.85. The van der Waals surface area contributed by atoms with Crippen molar-refractivity contribution in [2.45, 2.75) is 64.2 Å². The van der Waals surface area contributed by atoms with Crippen LogP contribution in [0.5, 0.6) is 0 Å². The van der Waals surface area contributed by atoms with Gasteiger partial charge >= 0.3 is 24.3 Å². The maximum Gasteiger partial charge on any atom is 0.330 e. The molecule has 13 nitrogen and oxygen atoms in total. The van der Waals surface area contributed by atoms with Crippen LogP contribution in [0.2, 0.25) is 0 Å². The van der Waals surface area contributed by atoms with Crippen LogP contribution in [0.3, 0.4) is 0 Å². The van der Waals surface area contributed by atoms with E-state index >= 15 is 0 Å². The van der Waals surface area contributed by atoms with E-state index in [9.17, 15) is 28.8 Å². The molecule has 5 atom stereocenters. The largest absolute Gasteiger partial charge is 0.468 e. The fourth-order valence-corrected chi connectivity index (χ4v) is 6.62. The van der Waals surface area contributed by atoms with Crippen molar-refractivity contribution in [2.75, 3.05) is 19.5 Å². The number of hydrogen-bond acceptors (Lipinski definition) is 11. The Kier molecular flexibility index (Phi) is 9.69. The Morgan fingerprint density at radius 3 is 2.68 bits per heavy atom. The van der Waals surface area contributed by atoms with Gasteiger partial charge in [-0.2, -0.15) is 0 Å². The Morgan fingerprint density at radius 1 is 1.41 bits per heavy atom. The van der Waals surface area contributed by atoms with Crippen molar-refractivity contribution in [1.29, 1.82) is 0 Å². The first kappa shape index (κ1) is 28.3. The third-order valence-electron chi connectivity index (χ3n) is 4.67. The maximum absolute atomic E-state index is 13.4. The van der Waals surface area contributed by atoms with Crippen LogP contribution in [0.1, 0.15) is 40.3 Å². The van der Waals surface area contributed by atoms with Crippen LogP contribution < -0.4 is 16.3 Å². The molecule has 3 N–H and O–H groups in total. The van der Waals surface area contributed by atoms with Crippen molar-refractivity contribution in [3.05, 3.63) is 33.1 Å². The predicted octanol–water partition coefficient (Wildman–Crippen LogP) is 0.536. The van der Waals surface area contributed by atoms with Crippen molar-refractivity contribution < 1.29 is 38.0 Å². The number of nitrogens with zero attached hydrogens (tertiary/aromatic N) is 1. The lowest BCUT2D eigenvalue weighted by Gasteiger charge is -2.25. The number of nitrogens with one attached hydrogen (secondary N) is 2. The smallest absolute Gasteiger partial charge is 0.330 e. The van der Waals surface area contributed by atoms with Gasteiger partial charge in [0.25, 0.3) is 5.56 Å². The summed E-state index contributed by atoms with van der Waals surface area (Å²) in [5.41, 5.74) is -2.88. The summed E-state index contributed by atoms with van der Waals surface area (Å²) in [5, 5.41) is 13.3. The van der Waals surface area contributed by atoms with Crippen LogP contribution in [-0.2, 0) is 32.9 Å². The molecule has 0 spiro atoms. The average Bonchev–Trinajstić information content (AvgIpc) is 3.04. The molecule has 0 bridgehead atoms. The molecule has 0 saturated carbocycles. The third-order valence-corrected chi connectivity index (χ3v) is 8.60. The van der Waals surface area contributed by atoms with Crippen LogP contribution >= 0.6 is 18.1 Å². The standard InChI is InChI=1S/C19H30N3O10PS/c1-11(2)31-16(25)12(3)21-33(28,34-10-15(24)29-5)30-9-13-8-19(4,27)17(32-13)22-7-6-14(23)20-18(22)26/h6-7,11-13,17,27H,8-10H2,1-5H3,(H,21,28)(H,20,23,26). The first-order chi connectivity index (χ1) is 15.8. The highest BCUT2D eigenvalue weighted by molar-refractivity contribution is 8.56. The fraction of sp³-hybridized carbons (Fsp3) is 0.684. The molecule has 1 aliphatic rings. The average molecular weight is 524 g/mol. The summed E-state index contributed by atoms with van der Waals surface area (Å²) < 4.78 is 35.4. The molecule has 0 amide bonds. The van der Waals surface area contributed by atoms with Gasteiger partial charge in [0.15, 0.2) is 6.23 Å². The van der Waals surface area contributed by atoms with Crippen molar-refractivity contribution >= 4 is 30.0 Å². The summed E-state index contributed by atoms with van der Waals surface area (Å²) in [4.78, 5) is 49.2. The Hall–Kier alpha value is -1.96. The minimum Gasteiger partial charge on any atom is -0.468 e. The lowest BCUT2D eigenvalue weighted by molar-refractivity contribution is -0.149. The summed E-state index contributed by atoms with van der Waals surface area (Å²) >= 11 is 0.633. The lowest BCUT2D eigenvalue weighted by Crippen LogP contribution is -2.40.